The zero-order valence-electron chi connectivity index (χ0n) is 11.1. The number of nitro benzene ring substituents is 1. The van der Waals surface area contributed by atoms with Gasteiger partial charge in [-0.25, -0.2) is 0 Å². The molecule has 0 unspecified atom stereocenters. The van der Waals surface area contributed by atoms with Gasteiger partial charge in [0.2, 0.25) is 0 Å². The molecule has 0 N–H and O–H groups in total. The Morgan fingerprint density at radius 3 is 2.81 bits per heavy atom. The van der Waals surface area contributed by atoms with E-state index < -0.39 is 4.92 Å². The van der Waals surface area contributed by atoms with E-state index in [2.05, 4.69) is 0 Å². The van der Waals surface area contributed by atoms with Gasteiger partial charge in [-0.2, -0.15) is 0 Å². The quantitative estimate of drug-likeness (QED) is 0.484. The Labute approximate surface area is 126 Å². The molecule has 6 heteroatoms. The summed E-state index contributed by atoms with van der Waals surface area (Å²) in [5, 5.41) is 10.9. The van der Waals surface area contributed by atoms with Crippen molar-refractivity contribution >= 4 is 28.6 Å². The highest BCUT2D eigenvalue weighted by molar-refractivity contribution is 7.80. The number of rotatable bonds is 2. The maximum atomic E-state index is 10.9. The van der Waals surface area contributed by atoms with Gasteiger partial charge in [-0.15, -0.1) is 0 Å². The monoisotopic (exact) mass is 300 g/mol. The predicted molar refractivity (Wildman–Crippen MR) is 83.8 cm³/mol. The fourth-order valence-corrected chi connectivity index (χ4v) is 2.49. The van der Waals surface area contributed by atoms with Gasteiger partial charge in [0.05, 0.1) is 11.5 Å². The van der Waals surface area contributed by atoms with Crippen LogP contribution in [-0.2, 0) is 6.54 Å². The SMILES string of the molecule is O=[N+]([O-])c1cccc(N2Cc3ccccc3OCC2=S)c1. The van der Waals surface area contributed by atoms with Gasteiger partial charge in [0.25, 0.3) is 5.69 Å². The van der Waals surface area contributed by atoms with Crippen LogP contribution in [-0.4, -0.2) is 16.5 Å². The Morgan fingerprint density at radius 2 is 2.00 bits per heavy atom. The van der Waals surface area contributed by atoms with Crippen LogP contribution in [0.25, 0.3) is 0 Å². The van der Waals surface area contributed by atoms with Crippen LogP contribution in [0.5, 0.6) is 5.75 Å². The second kappa shape index (κ2) is 5.49. The minimum absolute atomic E-state index is 0.0498. The van der Waals surface area contributed by atoms with Gasteiger partial charge < -0.3 is 9.64 Å². The Kier molecular flexibility index (Phi) is 3.53. The summed E-state index contributed by atoms with van der Waals surface area (Å²) in [5.41, 5.74) is 1.76. The molecule has 0 atom stereocenters. The van der Waals surface area contributed by atoms with Crippen molar-refractivity contribution < 1.29 is 9.66 Å². The van der Waals surface area contributed by atoms with Crippen LogP contribution in [0.1, 0.15) is 5.56 Å². The molecule has 5 nitrogen and oxygen atoms in total. The number of fused-ring (bicyclic) bond motifs is 1. The predicted octanol–water partition coefficient (Wildman–Crippen LogP) is 3.32. The summed E-state index contributed by atoms with van der Waals surface area (Å²) in [6.07, 6.45) is 0. The van der Waals surface area contributed by atoms with Gasteiger partial charge >= 0.3 is 0 Å². The third kappa shape index (κ3) is 2.71. The van der Waals surface area contributed by atoms with Crippen LogP contribution in [0.3, 0.4) is 0 Å². The lowest BCUT2D eigenvalue weighted by Crippen LogP contribution is -2.30. The fraction of sp³-hybridized carbons (Fsp3) is 0.133. The summed E-state index contributed by atoms with van der Waals surface area (Å²) in [7, 11) is 0. The molecule has 0 saturated carbocycles. The summed E-state index contributed by atoms with van der Waals surface area (Å²) in [6.45, 7) is 0.825. The molecule has 106 valence electrons. The molecule has 2 aromatic rings. The van der Waals surface area contributed by atoms with Crippen molar-refractivity contribution in [3.05, 3.63) is 64.2 Å². The summed E-state index contributed by atoms with van der Waals surface area (Å²) >= 11 is 5.38. The van der Waals surface area contributed by atoms with Crippen molar-refractivity contribution in [2.75, 3.05) is 11.5 Å². The molecule has 0 spiro atoms. The van der Waals surface area contributed by atoms with E-state index in [9.17, 15) is 10.1 Å². The van der Waals surface area contributed by atoms with E-state index in [1.807, 2.05) is 35.2 Å². The summed E-state index contributed by atoms with van der Waals surface area (Å²) in [5.74, 6) is 0.799. The van der Waals surface area contributed by atoms with Crippen LogP contribution in [0.2, 0.25) is 0 Å². The Bertz CT molecular complexity index is 718. The van der Waals surface area contributed by atoms with Crippen LogP contribution < -0.4 is 9.64 Å². The molecular formula is C15H12N2O3S. The topological polar surface area (TPSA) is 55.6 Å². The first-order chi connectivity index (χ1) is 10.1. The number of para-hydroxylation sites is 1. The smallest absolute Gasteiger partial charge is 0.271 e. The highest BCUT2D eigenvalue weighted by Gasteiger charge is 2.21. The van der Waals surface area contributed by atoms with Crippen LogP contribution in [0.15, 0.2) is 48.5 Å². The number of ether oxygens (including phenoxy) is 1. The Hall–Kier alpha value is -2.47. The molecule has 0 saturated heterocycles. The van der Waals surface area contributed by atoms with E-state index in [1.54, 1.807) is 6.07 Å². The first-order valence-electron chi connectivity index (χ1n) is 6.40. The number of hydrogen-bond acceptors (Lipinski definition) is 4. The zero-order valence-corrected chi connectivity index (χ0v) is 11.9. The molecule has 0 amide bonds. The van der Waals surface area contributed by atoms with Gasteiger partial charge in [-0.1, -0.05) is 36.5 Å². The van der Waals surface area contributed by atoms with Gasteiger partial charge in [0.15, 0.2) is 0 Å². The molecule has 0 aliphatic carbocycles. The second-order valence-electron chi connectivity index (χ2n) is 4.65. The van der Waals surface area contributed by atoms with Crippen LogP contribution in [0, 0.1) is 10.1 Å². The van der Waals surface area contributed by atoms with E-state index in [4.69, 9.17) is 17.0 Å². The van der Waals surface area contributed by atoms with E-state index in [0.29, 0.717) is 17.2 Å². The number of nitro groups is 1. The molecule has 0 aromatic heterocycles. The van der Waals surface area contributed by atoms with Crippen molar-refractivity contribution in [1.29, 1.82) is 0 Å². The minimum atomic E-state index is -0.408. The number of thiocarbonyl (C=S) groups is 1. The maximum absolute atomic E-state index is 10.9. The standard InChI is InChI=1S/C15H12N2O3S/c18-17(19)13-6-3-5-12(8-13)16-9-11-4-1-2-7-14(11)20-10-15(16)21/h1-8H,9-10H2. The summed E-state index contributed by atoms with van der Waals surface area (Å²) in [4.78, 5) is 13.0. The van der Waals surface area contributed by atoms with Crippen LogP contribution >= 0.6 is 12.2 Å². The van der Waals surface area contributed by atoms with E-state index in [0.717, 1.165) is 11.3 Å². The third-order valence-corrected chi connectivity index (χ3v) is 3.64. The number of anilines is 1. The Morgan fingerprint density at radius 1 is 1.19 bits per heavy atom. The van der Waals surface area contributed by atoms with E-state index >= 15 is 0 Å². The van der Waals surface area contributed by atoms with E-state index in [-0.39, 0.29) is 12.3 Å². The maximum Gasteiger partial charge on any atom is 0.271 e. The number of hydrogen-bond donors (Lipinski definition) is 0. The lowest BCUT2D eigenvalue weighted by molar-refractivity contribution is -0.384. The number of benzene rings is 2. The molecule has 0 fully saturated rings. The highest BCUT2D eigenvalue weighted by Crippen LogP contribution is 2.28. The van der Waals surface area contributed by atoms with Gasteiger partial charge in [0, 0.05) is 23.4 Å². The first kappa shape index (κ1) is 13.5. The lowest BCUT2D eigenvalue weighted by atomic mass is 10.1. The lowest BCUT2D eigenvalue weighted by Gasteiger charge is -2.22. The molecular weight excluding hydrogens is 288 g/mol. The average Bonchev–Trinajstić information content (AvgIpc) is 2.67. The third-order valence-electron chi connectivity index (χ3n) is 3.31. The van der Waals surface area contributed by atoms with Gasteiger partial charge in [-0.3, -0.25) is 10.1 Å². The summed E-state index contributed by atoms with van der Waals surface area (Å²) in [6, 6.07) is 14.2. The number of nitrogens with zero attached hydrogens (tertiary/aromatic N) is 2. The molecule has 3 rings (SSSR count). The Balaban J connectivity index is 1.99. The molecule has 1 aliphatic heterocycles. The van der Waals surface area contributed by atoms with Crippen molar-refractivity contribution in [3.8, 4) is 5.75 Å². The first-order valence-corrected chi connectivity index (χ1v) is 6.81. The fourth-order valence-electron chi connectivity index (χ4n) is 2.26. The van der Waals surface area contributed by atoms with E-state index in [1.165, 1.54) is 12.1 Å². The zero-order chi connectivity index (χ0) is 14.8. The number of non-ortho nitro benzene ring substituents is 1. The van der Waals surface area contributed by atoms with Crippen molar-refractivity contribution in [3.63, 3.8) is 0 Å². The van der Waals surface area contributed by atoms with Crippen LogP contribution in [0.4, 0.5) is 11.4 Å². The molecule has 1 aliphatic rings. The second-order valence-corrected chi connectivity index (χ2v) is 5.12. The minimum Gasteiger partial charge on any atom is -0.486 e. The van der Waals surface area contributed by atoms with Crippen molar-refractivity contribution in [1.82, 2.24) is 0 Å². The molecule has 0 bridgehead atoms. The summed E-state index contributed by atoms with van der Waals surface area (Å²) < 4.78 is 5.67. The van der Waals surface area contributed by atoms with Crippen molar-refractivity contribution in [2.45, 2.75) is 6.54 Å². The average molecular weight is 300 g/mol. The van der Waals surface area contributed by atoms with Gasteiger partial charge in [-0.05, 0) is 12.1 Å². The van der Waals surface area contributed by atoms with Crippen molar-refractivity contribution in [2.24, 2.45) is 0 Å². The molecule has 2 aromatic carbocycles. The highest BCUT2D eigenvalue weighted by atomic mass is 32.1. The van der Waals surface area contributed by atoms with Gasteiger partial charge in [0.1, 0.15) is 17.3 Å². The molecule has 21 heavy (non-hydrogen) atoms. The largest absolute Gasteiger partial charge is 0.486 e. The normalized spacial score (nSPS) is 14.1. The molecule has 0 radical (unpaired) electrons. The molecule has 1 heterocycles.